The van der Waals surface area contributed by atoms with E-state index in [0.717, 1.165) is 78.0 Å². The van der Waals surface area contributed by atoms with Gasteiger partial charge in [-0.25, -0.2) is 4.98 Å². The molecule has 0 unspecified atom stereocenters. The fourth-order valence-corrected chi connectivity index (χ4v) is 8.40. The van der Waals surface area contributed by atoms with Crippen LogP contribution >= 0.6 is 0 Å². The van der Waals surface area contributed by atoms with E-state index >= 15 is 0 Å². The van der Waals surface area contributed by atoms with Crippen LogP contribution in [0.2, 0.25) is 0 Å². The van der Waals surface area contributed by atoms with E-state index in [1.165, 1.54) is 16.3 Å². The Labute approximate surface area is 330 Å². The molecule has 0 spiro atoms. The molecule has 4 heteroatoms. The van der Waals surface area contributed by atoms with Crippen molar-refractivity contribution in [2.24, 2.45) is 0 Å². The highest BCUT2D eigenvalue weighted by molar-refractivity contribution is 6.12. The van der Waals surface area contributed by atoms with Crippen molar-refractivity contribution in [3.63, 3.8) is 0 Å². The predicted octanol–water partition coefficient (Wildman–Crippen LogP) is 14.5. The second-order valence-corrected chi connectivity index (χ2v) is 14.4. The molecule has 268 valence electrons. The van der Waals surface area contributed by atoms with Crippen molar-refractivity contribution in [3.8, 4) is 39.4 Å². The summed E-state index contributed by atoms with van der Waals surface area (Å²) in [6.07, 6.45) is 0. The monoisotopic (exact) mass is 729 g/mol. The largest absolute Gasteiger partial charge is 0.436 e. The molecule has 0 aliphatic heterocycles. The molecular weight excluding hydrogens is 695 g/mol. The predicted molar refractivity (Wildman–Crippen MR) is 237 cm³/mol. The molecule has 0 fully saturated rings. The number of fused-ring (bicyclic) bond motifs is 6. The fourth-order valence-electron chi connectivity index (χ4n) is 8.40. The van der Waals surface area contributed by atoms with Gasteiger partial charge in [0.25, 0.3) is 0 Å². The Kier molecular flexibility index (Phi) is 7.78. The van der Waals surface area contributed by atoms with Crippen LogP contribution in [0.25, 0.3) is 83.1 Å². The van der Waals surface area contributed by atoms with Gasteiger partial charge in [0.15, 0.2) is 5.58 Å². The number of rotatable bonds is 7. The van der Waals surface area contributed by atoms with E-state index in [-0.39, 0.29) is 0 Å². The first-order valence-electron chi connectivity index (χ1n) is 19.3. The van der Waals surface area contributed by atoms with Gasteiger partial charge in [-0.05, 0) is 88.8 Å². The van der Waals surface area contributed by atoms with E-state index < -0.39 is 0 Å². The number of oxazole rings is 1. The molecule has 9 aromatic carbocycles. The molecule has 0 aliphatic carbocycles. The first-order chi connectivity index (χ1) is 28.3. The van der Waals surface area contributed by atoms with E-state index in [1.54, 1.807) is 0 Å². The number of nitrogens with zero attached hydrogens (tertiary/aromatic N) is 3. The Balaban J connectivity index is 1.10. The molecule has 0 bridgehead atoms. The third-order valence-corrected chi connectivity index (χ3v) is 11.0. The molecule has 0 saturated carbocycles. The average molecular weight is 730 g/mol. The highest BCUT2D eigenvalue weighted by Crippen LogP contribution is 2.44. The lowest BCUT2D eigenvalue weighted by atomic mass is 9.96. The maximum Gasteiger partial charge on any atom is 0.227 e. The van der Waals surface area contributed by atoms with Crippen LogP contribution in [-0.4, -0.2) is 9.55 Å². The lowest BCUT2D eigenvalue weighted by Crippen LogP contribution is -2.11. The van der Waals surface area contributed by atoms with Crippen molar-refractivity contribution >= 4 is 60.7 Å². The van der Waals surface area contributed by atoms with Crippen LogP contribution in [0.5, 0.6) is 0 Å². The third kappa shape index (κ3) is 5.58. The van der Waals surface area contributed by atoms with E-state index in [9.17, 15) is 0 Å². The van der Waals surface area contributed by atoms with Gasteiger partial charge in [-0.1, -0.05) is 146 Å². The molecule has 4 nitrogen and oxygen atoms in total. The second-order valence-electron chi connectivity index (χ2n) is 14.4. The van der Waals surface area contributed by atoms with Crippen LogP contribution in [0.1, 0.15) is 0 Å². The second kappa shape index (κ2) is 13.6. The van der Waals surface area contributed by atoms with Crippen LogP contribution in [0.3, 0.4) is 0 Å². The molecule has 0 atom stereocenters. The van der Waals surface area contributed by atoms with E-state index in [1.807, 2.05) is 30.3 Å². The molecule has 0 N–H and O–H groups in total. The van der Waals surface area contributed by atoms with Crippen LogP contribution < -0.4 is 4.90 Å². The van der Waals surface area contributed by atoms with Crippen molar-refractivity contribution in [1.82, 2.24) is 9.55 Å². The van der Waals surface area contributed by atoms with Crippen LogP contribution in [0.4, 0.5) is 17.1 Å². The topological polar surface area (TPSA) is 34.2 Å². The molecule has 0 radical (unpaired) electrons. The van der Waals surface area contributed by atoms with Gasteiger partial charge >= 0.3 is 0 Å². The zero-order chi connectivity index (χ0) is 37.7. The number of anilines is 3. The minimum Gasteiger partial charge on any atom is -0.436 e. The van der Waals surface area contributed by atoms with Gasteiger partial charge < -0.3 is 13.9 Å². The van der Waals surface area contributed by atoms with Crippen molar-refractivity contribution in [1.29, 1.82) is 0 Å². The molecule has 57 heavy (non-hydrogen) atoms. The highest BCUT2D eigenvalue weighted by Gasteiger charge is 2.21. The molecule has 0 saturated heterocycles. The smallest absolute Gasteiger partial charge is 0.227 e. The van der Waals surface area contributed by atoms with Crippen molar-refractivity contribution in [2.45, 2.75) is 0 Å². The van der Waals surface area contributed by atoms with Crippen LogP contribution in [0, 0.1) is 0 Å². The fraction of sp³-hybridized carbons (Fsp3) is 0. The normalized spacial score (nSPS) is 11.5. The molecule has 0 aliphatic rings. The van der Waals surface area contributed by atoms with Gasteiger partial charge in [0.1, 0.15) is 5.52 Å². The Morgan fingerprint density at radius 2 is 0.982 bits per heavy atom. The van der Waals surface area contributed by atoms with E-state index in [2.05, 4.69) is 191 Å². The Morgan fingerprint density at radius 1 is 0.404 bits per heavy atom. The summed E-state index contributed by atoms with van der Waals surface area (Å²) >= 11 is 0. The summed E-state index contributed by atoms with van der Waals surface area (Å²) in [6, 6.07) is 75.2. The lowest BCUT2D eigenvalue weighted by Gasteiger charge is -2.28. The van der Waals surface area contributed by atoms with Crippen LogP contribution in [-0.2, 0) is 0 Å². The zero-order valence-electron chi connectivity index (χ0n) is 31.0. The summed E-state index contributed by atoms with van der Waals surface area (Å²) < 4.78 is 8.82. The first kappa shape index (κ1) is 32.7. The van der Waals surface area contributed by atoms with Gasteiger partial charge in [-0.3, -0.25) is 0 Å². The molecule has 11 aromatic rings. The van der Waals surface area contributed by atoms with Crippen LogP contribution in [0.15, 0.2) is 217 Å². The first-order valence-corrected chi connectivity index (χ1v) is 19.3. The maximum atomic E-state index is 6.43. The summed E-state index contributed by atoms with van der Waals surface area (Å²) in [6.45, 7) is 0. The zero-order valence-corrected chi connectivity index (χ0v) is 31.0. The average Bonchev–Trinajstić information content (AvgIpc) is 3.87. The quantitative estimate of drug-likeness (QED) is 0.164. The van der Waals surface area contributed by atoms with Gasteiger partial charge in [0, 0.05) is 44.3 Å². The highest BCUT2D eigenvalue weighted by atomic mass is 16.3. The van der Waals surface area contributed by atoms with Gasteiger partial charge in [-0.2, -0.15) is 0 Å². The molecule has 11 rings (SSSR count). The van der Waals surface area contributed by atoms with Gasteiger partial charge in [-0.15, -0.1) is 0 Å². The minimum atomic E-state index is 0.624. The van der Waals surface area contributed by atoms with E-state index in [0.29, 0.717) is 5.89 Å². The summed E-state index contributed by atoms with van der Waals surface area (Å²) in [4.78, 5) is 7.36. The van der Waals surface area contributed by atoms with Crippen molar-refractivity contribution in [2.75, 3.05) is 4.90 Å². The minimum absolute atomic E-state index is 0.624. The lowest BCUT2D eigenvalue weighted by molar-refractivity contribution is 0.620. The summed E-state index contributed by atoms with van der Waals surface area (Å²) in [5.74, 6) is 0.624. The molecular formula is C53H35N3O. The number of aromatic nitrogens is 2. The maximum absolute atomic E-state index is 6.43. The number of para-hydroxylation sites is 3. The van der Waals surface area contributed by atoms with Gasteiger partial charge in [0.2, 0.25) is 5.89 Å². The molecule has 2 heterocycles. The number of hydrogen-bond acceptors (Lipinski definition) is 3. The Bertz CT molecular complexity index is 3220. The Morgan fingerprint density at radius 3 is 1.75 bits per heavy atom. The summed E-state index contributed by atoms with van der Waals surface area (Å²) in [7, 11) is 0. The number of benzene rings is 9. The molecule has 2 aromatic heterocycles. The van der Waals surface area contributed by atoms with Crippen molar-refractivity contribution < 1.29 is 4.42 Å². The third-order valence-electron chi connectivity index (χ3n) is 11.0. The number of hydrogen-bond donors (Lipinski definition) is 0. The Hall–Kier alpha value is -7.69. The van der Waals surface area contributed by atoms with Gasteiger partial charge in [0.05, 0.1) is 16.7 Å². The SMILES string of the molecule is c1ccc(-c2nc3c(cc(-c4ccc(N(c5ccc6c7ccccc7n(-c7ccccc7)c6c5)c5ccccc5-c5ccccc5)cc4)c4ccccc43)o2)cc1. The summed E-state index contributed by atoms with van der Waals surface area (Å²) in [5, 5.41) is 4.65. The molecule has 0 amide bonds. The van der Waals surface area contributed by atoms with Crippen molar-refractivity contribution in [3.05, 3.63) is 212 Å². The van der Waals surface area contributed by atoms with E-state index in [4.69, 9.17) is 9.40 Å². The standard InChI is InChI=1S/C53H35N3O/c1-4-16-36(17-5-1)42-22-12-14-26-48(42)55(41-32-33-45-44-24-13-15-27-49(44)56(50(45)34-41)39-20-8-3-9-21-39)40-30-28-37(29-31-40)47-35-51-52(46-25-11-10-23-43(46)47)54-53(57-51)38-18-6-2-7-19-38/h1-35H. The summed E-state index contributed by atoms with van der Waals surface area (Å²) in [5.41, 5.74) is 13.8.